The average Bonchev–Trinajstić information content (AvgIpc) is 2.64. The lowest BCUT2D eigenvalue weighted by molar-refractivity contribution is 0.128. The highest BCUT2D eigenvalue weighted by Gasteiger charge is 2.24. The van der Waals surface area contributed by atoms with Gasteiger partial charge in [0.2, 0.25) is 0 Å². The van der Waals surface area contributed by atoms with Gasteiger partial charge in [-0.05, 0) is 38.0 Å². The molecule has 0 aromatic rings. The summed E-state index contributed by atoms with van der Waals surface area (Å²) in [5, 5.41) is 13.5. The van der Waals surface area contributed by atoms with E-state index in [1.165, 1.54) is 44.9 Å². The average molecular weight is 225 g/mol. The van der Waals surface area contributed by atoms with E-state index >= 15 is 0 Å². The molecule has 2 nitrogen and oxygen atoms in total. The highest BCUT2D eigenvalue weighted by atomic mass is 16.3. The quantitative estimate of drug-likeness (QED) is 0.728. The van der Waals surface area contributed by atoms with Crippen LogP contribution in [-0.2, 0) is 0 Å². The SMILES string of the molecule is CC(NCC(O)CC1CCCC1)C1CCC1. The number of aliphatic hydroxyl groups is 1. The number of hydrogen-bond acceptors (Lipinski definition) is 2. The van der Waals surface area contributed by atoms with E-state index in [0.29, 0.717) is 6.04 Å². The summed E-state index contributed by atoms with van der Waals surface area (Å²) in [7, 11) is 0. The van der Waals surface area contributed by atoms with Crippen molar-refractivity contribution in [2.75, 3.05) is 6.54 Å². The van der Waals surface area contributed by atoms with Crippen LogP contribution in [0.25, 0.3) is 0 Å². The topological polar surface area (TPSA) is 32.3 Å². The number of hydrogen-bond donors (Lipinski definition) is 2. The summed E-state index contributed by atoms with van der Waals surface area (Å²) in [6, 6.07) is 0.604. The van der Waals surface area contributed by atoms with Gasteiger partial charge in [0.25, 0.3) is 0 Å². The lowest BCUT2D eigenvalue weighted by Gasteiger charge is -2.32. The van der Waals surface area contributed by atoms with Crippen LogP contribution in [0.5, 0.6) is 0 Å². The molecule has 0 amide bonds. The molecule has 2 heteroatoms. The van der Waals surface area contributed by atoms with Crippen molar-refractivity contribution >= 4 is 0 Å². The van der Waals surface area contributed by atoms with E-state index in [1.54, 1.807) is 0 Å². The molecule has 2 fully saturated rings. The van der Waals surface area contributed by atoms with Crippen molar-refractivity contribution in [2.24, 2.45) is 11.8 Å². The van der Waals surface area contributed by atoms with E-state index in [9.17, 15) is 5.11 Å². The Morgan fingerprint density at radius 1 is 1.12 bits per heavy atom. The molecule has 2 rings (SSSR count). The third kappa shape index (κ3) is 3.46. The minimum Gasteiger partial charge on any atom is -0.392 e. The van der Waals surface area contributed by atoms with Crippen molar-refractivity contribution in [1.29, 1.82) is 0 Å². The summed E-state index contributed by atoms with van der Waals surface area (Å²) in [4.78, 5) is 0. The second-order valence-corrected chi connectivity index (χ2v) is 5.93. The zero-order valence-electron chi connectivity index (χ0n) is 10.6. The predicted molar refractivity (Wildman–Crippen MR) is 67.4 cm³/mol. The van der Waals surface area contributed by atoms with Crippen LogP contribution in [0.4, 0.5) is 0 Å². The van der Waals surface area contributed by atoms with E-state index in [-0.39, 0.29) is 6.10 Å². The van der Waals surface area contributed by atoms with Gasteiger partial charge in [0, 0.05) is 12.6 Å². The molecule has 2 aliphatic carbocycles. The Bertz CT molecular complexity index is 197. The van der Waals surface area contributed by atoms with Crippen LogP contribution in [0.2, 0.25) is 0 Å². The van der Waals surface area contributed by atoms with Crippen molar-refractivity contribution in [3.05, 3.63) is 0 Å². The van der Waals surface area contributed by atoms with Crippen LogP contribution < -0.4 is 5.32 Å². The normalized spacial score (nSPS) is 26.6. The molecule has 0 aliphatic heterocycles. The van der Waals surface area contributed by atoms with E-state index in [4.69, 9.17) is 0 Å². The lowest BCUT2D eigenvalue weighted by atomic mass is 9.80. The predicted octanol–water partition coefficient (Wildman–Crippen LogP) is 2.71. The highest BCUT2D eigenvalue weighted by molar-refractivity contribution is 4.81. The molecule has 0 radical (unpaired) electrons. The van der Waals surface area contributed by atoms with Gasteiger partial charge in [-0.15, -0.1) is 0 Å². The molecule has 0 heterocycles. The second kappa shape index (κ2) is 6.02. The summed E-state index contributed by atoms with van der Waals surface area (Å²) < 4.78 is 0. The van der Waals surface area contributed by atoms with Crippen molar-refractivity contribution in [3.8, 4) is 0 Å². The summed E-state index contributed by atoms with van der Waals surface area (Å²) in [5.74, 6) is 1.68. The molecule has 2 unspecified atom stereocenters. The van der Waals surface area contributed by atoms with E-state index < -0.39 is 0 Å². The summed E-state index contributed by atoms with van der Waals surface area (Å²) >= 11 is 0. The first-order chi connectivity index (χ1) is 7.75. The smallest absolute Gasteiger partial charge is 0.0667 e. The van der Waals surface area contributed by atoms with Crippen molar-refractivity contribution < 1.29 is 5.11 Å². The van der Waals surface area contributed by atoms with Crippen molar-refractivity contribution in [1.82, 2.24) is 5.32 Å². The van der Waals surface area contributed by atoms with Gasteiger partial charge < -0.3 is 10.4 Å². The maximum Gasteiger partial charge on any atom is 0.0667 e. The first kappa shape index (κ1) is 12.4. The fourth-order valence-electron chi connectivity index (χ4n) is 3.14. The summed E-state index contributed by atoms with van der Waals surface area (Å²) in [5.41, 5.74) is 0. The third-order valence-electron chi connectivity index (χ3n) is 4.61. The number of aliphatic hydroxyl groups excluding tert-OH is 1. The van der Waals surface area contributed by atoms with Crippen LogP contribution in [0.3, 0.4) is 0 Å². The molecule has 0 spiro atoms. The first-order valence-electron chi connectivity index (χ1n) is 7.17. The van der Waals surface area contributed by atoms with Crippen molar-refractivity contribution in [3.63, 3.8) is 0 Å². The zero-order valence-corrected chi connectivity index (χ0v) is 10.6. The minimum atomic E-state index is -0.120. The molecule has 16 heavy (non-hydrogen) atoms. The van der Waals surface area contributed by atoms with Gasteiger partial charge in [-0.2, -0.15) is 0 Å². The maximum absolute atomic E-state index is 9.97. The number of nitrogens with one attached hydrogen (secondary N) is 1. The minimum absolute atomic E-state index is 0.120. The molecule has 2 aliphatic rings. The number of rotatable bonds is 6. The van der Waals surface area contributed by atoms with Gasteiger partial charge in [0.05, 0.1) is 6.10 Å². The van der Waals surface area contributed by atoms with Crippen LogP contribution in [-0.4, -0.2) is 23.8 Å². The van der Waals surface area contributed by atoms with Crippen LogP contribution >= 0.6 is 0 Å². The Hall–Kier alpha value is -0.0800. The Labute approximate surface area is 99.8 Å². The standard InChI is InChI=1S/C14H27NO/c1-11(13-7-4-8-13)15-10-14(16)9-12-5-2-3-6-12/h11-16H,2-10H2,1H3. The maximum atomic E-state index is 9.97. The van der Waals surface area contributed by atoms with Crippen LogP contribution in [0, 0.1) is 11.8 Å². The highest BCUT2D eigenvalue weighted by Crippen LogP contribution is 2.30. The summed E-state index contributed by atoms with van der Waals surface area (Å²) in [6.07, 6.45) is 10.5. The van der Waals surface area contributed by atoms with Gasteiger partial charge in [0.15, 0.2) is 0 Å². The first-order valence-corrected chi connectivity index (χ1v) is 7.17. The molecule has 0 aromatic carbocycles. The van der Waals surface area contributed by atoms with Gasteiger partial charge in [0.1, 0.15) is 0 Å². The Morgan fingerprint density at radius 3 is 2.38 bits per heavy atom. The Balaban J connectivity index is 1.57. The Morgan fingerprint density at radius 2 is 1.81 bits per heavy atom. The van der Waals surface area contributed by atoms with Crippen LogP contribution in [0.15, 0.2) is 0 Å². The molecular weight excluding hydrogens is 198 g/mol. The molecule has 2 saturated carbocycles. The fourth-order valence-corrected chi connectivity index (χ4v) is 3.14. The van der Waals surface area contributed by atoms with E-state index in [1.807, 2.05) is 0 Å². The van der Waals surface area contributed by atoms with Gasteiger partial charge in [-0.1, -0.05) is 32.1 Å². The molecule has 2 N–H and O–H groups in total. The fraction of sp³-hybridized carbons (Fsp3) is 1.00. The third-order valence-corrected chi connectivity index (χ3v) is 4.61. The van der Waals surface area contributed by atoms with Gasteiger partial charge >= 0.3 is 0 Å². The molecule has 0 saturated heterocycles. The molecule has 2 atom stereocenters. The Kier molecular flexibility index (Phi) is 4.66. The molecule has 0 aromatic heterocycles. The molecule has 0 bridgehead atoms. The largest absolute Gasteiger partial charge is 0.392 e. The monoisotopic (exact) mass is 225 g/mol. The zero-order chi connectivity index (χ0) is 11.4. The second-order valence-electron chi connectivity index (χ2n) is 5.93. The molecular formula is C14H27NO. The van der Waals surface area contributed by atoms with E-state index in [2.05, 4.69) is 12.2 Å². The lowest BCUT2D eigenvalue weighted by Crippen LogP contribution is -2.41. The summed E-state index contributed by atoms with van der Waals surface area (Å²) in [6.45, 7) is 3.07. The van der Waals surface area contributed by atoms with Crippen molar-refractivity contribution in [2.45, 2.75) is 70.4 Å². The van der Waals surface area contributed by atoms with Crippen LogP contribution in [0.1, 0.15) is 58.3 Å². The van der Waals surface area contributed by atoms with E-state index in [0.717, 1.165) is 24.8 Å². The van der Waals surface area contributed by atoms with Gasteiger partial charge in [-0.25, -0.2) is 0 Å². The molecule has 94 valence electrons. The van der Waals surface area contributed by atoms with Gasteiger partial charge in [-0.3, -0.25) is 0 Å².